The number of thiazole rings is 2. The van der Waals surface area contributed by atoms with E-state index >= 15 is 0 Å². The van der Waals surface area contributed by atoms with Crippen LogP contribution in [0.25, 0.3) is 0 Å². The third kappa shape index (κ3) is 21.4. The monoisotopic (exact) mass is 1720 g/mol. The fourth-order valence-corrected chi connectivity index (χ4v) is 17.9. The molecule has 0 radical (unpaired) electrons. The van der Waals surface area contributed by atoms with Gasteiger partial charge in [-0.25, -0.2) is 29.1 Å². The lowest BCUT2D eigenvalue weighted by Gasteiger charge is -2.51. The standard InChI is InChI=1S/C29H29NO5.C24H23N3O4S.C24H27NO5.C19H21N3O4S/c1-29(18-17-20-13-15-23(35-2)16-14-20)26(27(32)33)30(28(29)34)25(31)19-24(21-9-5-3-6-10-21)22-11-7-4-8-12-22;25-24-26-14-17(32-24)11-12-18-21(23(30)31)27(22(18)29)20(28)13-19(15-7-3-1-4-8-15)16-9-5-2-6-10-16;1-16(18-7-5-4-6-8-18)15-20(26)25-21(22(27)28)24(2,23(25)29)14-13-17-9-11-19(30-3)12-10-17;1-11(12-5-3-2-4-6-12)9-15(23)22-16(18(25)26)14(17(22)24)8-7-13-10-21-19(20)27-13/h3-16,24,26H,17-19H2,1-2H3,(H,32,33);1-10,14,18-19,21H,11-13H2,(H2,25,26)(H,30,31);4-12,16,21H,13-15H2,1-3H3,(H,27,28);2-6,10-11,14,16H,7-9H2,1H3,(H2,20,21)(H,25,26)/t26-,29-;18-,21+;16-,21+,24+;11-,14+,16-/m1100/s1. The number of hydrogen-bond donors (Lipinski definition) is 6. The number of hydrogen-bond acceptors (Lipinski definition) is 20. The van der Waals surface area contributed by atoms with Gasteiger partial charge in [0, 0.05) is 59.7 Å². The lowest BCUT2D eigenvalue weighted by molar-refractivity contribution is -0.188. The maximum absolute atomic E-state index is 13.4. The van der Waals surface area contributed by atoms with Gasteiger partial charge in [-0.1, -0.05) is 220 Å². The number of carboxylic acids is 4. The van der Waals surface area contributed by atoms with E-state index in [4.69, 9.17) is 20.9 Å². The molecular weight excluding hydrogens is 1620 g/mol. The number of ether oxygens (including phenoxy) is 2. The number of nitrogens with two attached hydrogens (primary N) is 2. The van der Waals surface area contributed by atoms with Crippen molar-refractivity contribution in [2.45, 2.75) is 153 Å². The van der Waals surface area contributed by atoms with Crippen LogP contribution in [0.1, 0.15) is 157 Å². The van der Waals surface area contributed by atoms with Crippen LogP contribution in [0.5, 0.6) is 11.5 Å². The maximum atomic E-state index is 13.4. The largest absolute Gasteiger partial charge is 0.497 e. The molecule has 8 N–H and O–H groups in total. The van der Waals surface area contributed by atoms with Gasteiger partial charge < -0.3 is 41.4 Å². The first kappa shape index (κ1) is 91.4. The summed E-state index contributed by atoms with van der Waals surface area (Å²) < 4.78 is 10.3. The Morgan fingerprint density at radius 3 is 0.927 bits per heavy atom. The van der Waals surface area contributed by atoms with E-state index in [1.54, 1.807) is 40.5 Å². The van der Waals surface area contributed by atoms with Crippen molar-refractivity contribution in [3.63, 3.8) is 0 Å². The van der Waals surface area contributed by atoms with Gasteiger partial charge in [0.25, 0.3) is 0 Å². The minimum Gasteiger partial charge on any atom is -0.497 e. The number of carboxylic acid groups (broad SMARTS) is 4. The van der Waals surface area contributed by atoms with Gasteiger partial charge in [-0.3, -0.25) is 58.0 Å². The van der Waals surface area contributed by atoms with Gasteiger partial charge in [-0.05, 0) is 146 Å². The second kappa shape index (κ2) is 41.5. The van der Waals surface area contributed by atoms with Crippen LogP contribution in [0, 0.1) is 22.7 Å². The average Bonchev–Trinajstić information content (AvgIpc) is 0.783. The molecule has 8 aromatic carbocycles. The number of likely N-dealkylation sites (tertiary alicyclic amines) is 4. The van der Waals surface area contributed by atoms with E-state index in [1.165, 1.54) is 22.7 Å². The summed E-state index contributed by atoms with van der Waals surface area (Å²) in [5, 5.41) is 39.9. The average molecular weight is 1720 g/mol. The number of anilines is 2. The Hall–Kier alpha value is -13.3. The molecule has 644 valence electrons. The van der Waals surface area contributed by atoms with Gasteiger partial charge >= 0.3 is 23.9 Å². The number of aliphatic carboxylic acids is 4. The van der Waals surface area contributed by atoms with Crippen molar-refractivity contribution < 1.29 is 87.4 Å². The zero-order valence-corrected chi connectivity index (χ0v) is 71.1. The van der Waals surface area contributed by atoms with Crippen LogP contribution in [-0.2, 0) is 83.2 Å². The topological polar surface area (TPSA) is 395 Å². The molecule has 28 heteroatoms. The molecule has 0 spiro atoms. The van der Waals surface area contributed by atoms with Crippen LogP contribution < -0.4 is 20.9 Å². The Morgan fingerprint density at radius 1 is 0.387 bits per heavy atom. The Morgan fingerprint density at radius 2 is 0.661 bits per heavy atom. The minimum atomic E-state index is -1.19. The number of methoxy groups -OCH3 is 2. The summed E-state index contributed by atoms with van der Waals surface area (Å²) in [6.45, 7) is 7.07. The zero-order chi connectivity index (χ0) is 89.1. The number of imide groups is 4. The summed E-state index contributed by atoms with van der Waals surface area (Å²) in [6, 6.07) is 67.6. The van der Waals surface area contributed by atoms with Crippen LogP contribution in [0.15, 0.2) is 243 Å². The Labute approximate surface area is 726 Å². The minimum absolute atomic E-state index is 0.0120. The number of nitrogens with zero attached hydrogens (tertiary/aromatic N) is 6. The second-order valence-corrected chi connectivity index (χ2v) is 34.0. The first-order chi connectivity index (χ1) is 59.5. The molecule has 8 amide bonds. The number of carbonyl (C=O) groups excluding carboxylic acids is 8. The number of β-lactam (4-membered cyclic amide) rings is 4. The van der Waals surface area contributed by atoms with E-state index < -0.39 is 118 Å². The maximum Gasteiger partial charge on any atom is 0.328 e. The van der Waals surface area contributed by atoms with E-state index in [1.807, 2.05) is 244 Å². The van der Waals surface area contributed by atoms with Crippen molar-refractivity contribution >= 4 is 104 Å². The first-order valence-electron chi connectivity index (χ1n) is 40.8. The number of aromatic nitrogens is 2. The summed E-state index contributed by atoms with van der Waals surface area (Å²) in [6.07, 6.45) is 6.92. The molecule has 0 saturated carbocycles. The number of benzene rings is 8. The van der Waals surface area contributed by atoms with E-state index in [0.717, 1.165) is 85.4 Å². The Kier molecular flexibility index (Phi) is 30.6. The van der Waals surface area contributed by atoms with Crippen LogP contribution >= 0.6 is 22.7 Å². The molecular formula is C96H100N8O18S2. The van der Waals surface area contributed by atoms with Crippen molar-refractivity contribution in [3.05, 3.63) is 297 Å². The van der Waals surface area contributed by atoms with Crippen molar-refractivity contribution in [3.8, 4) is 11.5 Å². The van der Waals surface area contributed by atoms with Crippen molar-refractivity contribution in [2.75, 3.05) is 25.7 Å². The molecule has 6 heterocycles. The van der Waals surface area contributed by atoms with Crippen molar-refractivity contribution in [1.82, 2.24) is 29.6 Å². The summed E-state index contributed by atoms with van der Waals surface area (Å²) in [5.74, 6) is -8.84. The number of rotatable bonds is 32. The highest BCUT2D eigenvalue weighted by molar-refractivity contribution is 7.15. The molecule has 4 fully saturated rings. The molecule has 124 heavy (non-hydrogen) atoms. The third-order valence-corrected chi connectivity index (χ3v) is 25.4. The summed E-state index contributed by atoms with van der Waals surface area (Å²) in [4.78, 5) is 164. The normalized spacial score (nSPS) is 19.7. The van der Waals surface area contributed by atoms with Gasteiger partial charge in [0.2, 0.25) is 47.3 Å². The summed E-state index contributed by atoms with van der Waals surface area (Å²) >= 11 is 2.63. The van der Waals surface area contributed by atoms with Gasteiger partial charge in [-0.15, -0.1) is 22.7 Å². The molecule has 14 rings (SSSR count). The highest BCUT2D eigenvalue weighted by atomic mass is 32.1. The van der Waals surface area contributed by atoms with Crippen LogP contribution in [0.3, 0.4) is 0 Å². The molecule has 4 aliphatic heterocycles. The molecule has 4 aliphatic rings. The quantitative estimate of drug-likeness (QED) is 0.0213. The molecule has 2 aromatic heterocycles. The SMILES string of the molecule is COc1ccc(CC[C@@]2(C)C(=O)N(C(=O)CC(c3ccccc3)c3ccccc3)[C@@H]2C(=O)O)cc1.COc1ccc(CC[C@@]2(C)C(=O)N(C(=O)C[C@H](C)c3ccccc3)[C@@H]2C(=O)O)cc1.C[C@@H](CC(=O)N1C(=O)[C@H](CCc2cnc(N)s2)[C@H]1C(=O)O)c1ccccc1.Nc1ncc(CC[C@H]2C(=O)N(C(=O)CC(c3ccccc3)c3ccccc3)[C@@H]2C(=O)O)s1. The predicted octanol–water partition coefficient (Wildman–Crippen LogP) is 13.9. The number of amides is 8. The highest BCUT2D eigenvalue weighted by Gasteiger charge is 2.64. The van der Waals surface area contributed by atoms with Gasteiger partial charge in [0.15, 0.2) is 22.3 Å². The first-order valence-corrected chi connectivity index (χ1v) is 42.4. The van der Waals surface area contributed by atoms with E-state index in [-0.39, 0.29) is 49.4 Å². The molecule has 10 atom stereocenters. The predicted molar refractivity (Wildman–Crippen MR) is 466 cm³/mol. The molecule has 0 bridgehead atoms. The fraction of sp³-hybridized carbons (Fsp3) is 0.312. The second-order valence-electron chi connectivity index (χ2n) is 31.7. The number of carbonyl (C=O) groups is 12. The van der Waals surface area contributed by atoms with E-state index in [9.17, 15) is 78.0 Å². The van der Waals surface area contributed by atoms with Crippen LogP contribution in [0.2, 0.25) is 0 Å². The molecule has 26 nitrogen and oxygen atoms in total. The van der Waals surface area contributed by atoms with Crippen molar-refractivity contribution in [2.24, 2.45) is 22.7 Å². The number of aryl methyl sites for hydroxylation is 4. The van der Waals surface area contributed by atoms with Gasteiger partial charge in [-0.2, -0.15) is 0 Å². The molecule has 0 unspecified atom stereocenters. The molecule has 4 saturated heterocycles. The lowest BCUT2D eigenvalue weighted by Crippen LogP contribution is -2.72. The molecule has 10 aromatic rings. The smallest absolute Gasteiger partial charge is 0.328 e. The summed E-state index contributed by atoms with van der Waals surface area (Å²) in [7, 11) is 3.18. The van der Waals surface area contributed by atoms with Crippen LogP contribution in [0.4, 0.5) is 10.3 Å². The fourth-order valence-electron chi connectivity index (χ4n) is 16.5. The van der Waals surface area contributed by atoms with E-state index in [2.05, 4.69) is 9.97 Å². The Bertz CT molecular complexity index is 5340. The van der Waals surface area contributed by atoms with E-state index in [0.29, 0.717) is 61.6 Å². The highest BCUT2D eigenvalue weighted by Crippen LogP contribution is 2.47. The summed E-state index contributed by atoms with van der Waals surface area (Å²) in [5.41, 5.74) is 16.6. The number of nitrogen functional groups attached to an aromatic ring is 2. The molecule has 0 aliphatic carbocycles. The third-order valence-electron chi connectivity index (χ3n) is 23.6. The van der Waals surface area contributed by atoms with Crippen LogP contribution in [-0.4, -0.2) is 160 Å². The van der Waals surface area contributed by atoms with Crippen molar-refractivity contribution in [1.29, 1.82) is 0 Å². The lowest BCUT2D eigenvalue weighted by atomic mass is 9.68. The van der Waals surface area contributed by atoms with Gasteiger partial charge in [0.05, 0.1) is 36.9 Å². The Balaban J connectivity index is 0.000000162. The van der Waals surface area contributed by atoms with Gasteiger partial charge in [0.1, 0.15) is 23.6 Å². The zero-order valence-electron chi connectivity index (χ0n) is 69.5.